The number of ether oxygens (including phenoxy) is 1. The summed E-state index contributed by atoms with van der Waals surface area (Å²) in [5, 5.41) is 11.4. The van der Waals surface area contributed by atoms with E-state index in [2.05, 4.69) is 4.74 Å². The minimum absolute atomic E-state index is 0.240. The molecular weight excluding hydrogens is 234 g/mol. The Balaban J connectivity index is 2.26. The Morgan fingerprint density at radius 2 is 1.94 bits per heavy atom. The molecule has 0 aliphatic carbocycles. The quantitative estimate of drug-likeness (QED) is 0.439. The van der Waals surface area contributed by atoms with E-state index < -0.39 is 18.1 Å². The van der Waals surface area contributed by atoms with Gasteiger partial charge < -0.3 is 14.6 Å². The smallest absolute Gasteiger partial charge is 0.371 e. The average molecular weight is 249 g/mol. The second-order valence-corrected chi connectivity index (χ2v) is 4.55. The highest BCUT2D eigenvalue weighted by atomic mass is 16.5. The van der Waals surface area contributed by atoms with Crippen molar-refractivity contribution in [2.24, 2.45) is 0 Å². The van der Waals surface area contributed by atoms with Gasteiger partial charge in [0.15, 0.2) is 6.04 Å². The molecular formula is C13H15NO4. The molecule has 0 N–H and O–H groups in total. The van der Waals surface area contributed by atoms with Gasteiger partial charge in [0, 0.05) is 5.56 Å². The van der Waals surface area contributed by atoms with E-state index in [1.54, 1.807) is 6.92 Å². The van der Waals surface area contributed by atoms with E-state index in [4.69, 9.17) is 0 Å². The molecule has 1 amide bonds. The SMILES string of the molecule is COC(=O)C1C(C)[N+]1(Cc1ccccc1)C(=O)[O-]. The number of benzene rings is 1. The lowest BCUT2D eigenvalue weighted by Crippen LogP contribution is -2.47. The lowest BCUT2D eigenvalue weighted by Gasteiger charge is -2.20. The number of rotatable bonds is 3. The van der Waals surface area contributed by atoms with Crippen molar-refractivity contribution in [3.05, 3.63) is 35.9 Å². The third-order valence-electron chi connectivity index (χ3n) is 3.66. The Kier molecular flexibility index (Phi) is 3.09. The van der Waals surface area contributed by atoms with Crippen LogP contribution in [0.5, 0.6) is 0 Å². The van der Waals surface area contributed by atoms with Gasteiger partial charge in [0.05, 0.1) is 7.11 Å². The second kappa shape index (κ2) is 4.42. The van der Waals surface area contributed by atoms with Gasteiger partial charge in [-0.15, -0.1) is 0 Å². The average Bonchev–Trinajstić information content (AvgIpc) is 2.96. The molecule has 0 bridgehead atoms. The molecule has 1 fully saturated rings. The van der Waals surface area contributed by atoms with Gasteiger partial charge in [0.2, 0.25) is 6.04 Å². The first-order valence-electron chi connectivity index (χ1n) is 5.74. The summed E-state index contributed by atoms with van der Waals surface area (Å²) in [5.41, 5.74) is 0.861. The predicted octanol–water partition coefficient (Wildman–Crippen LogP) is 0.290. The molecule has 1 aliphatic rings. The Hall–Kier alpha value is -1.88. The van der Waals surface area contributed by atoms with E-state index in [0.717, 1.165) is 5.56 Å². The van der Waals surface area contributed by atoms with Crippen LogP contribution in [0.15, 0.2) is 30.3 Å². The fourth-order valence-electron chi connectivity index (χ4n) is 2.53. The van der Waals surface area contributed by atoms with Gasteiger partial charge in [0.1, 0.15) is 6.54 Å². The molecule has 1 heterocycles. The number of hydrogen-bond donors (Lipinski definition) is 0. The monoisotopic (exact) mass is 249 g/mol. The van der Waals surface area contributed by atoms with E-state index >= 15 is 0 Å². The van der Waals surface area contributed by atoms with E-state index in [1.165, 1.54) is 7.11 Å². The summed E-state index contributed by atoms with van der Waals surface area (Å²) < 4.78 is 4.26. The molecule has 5 nitrogen and oxygen atoms in total. The number of amides is 1. The van der Waals surface area contributed by atoms with Crippen LogP contribution in [0.2, 0.25) is 0 Å². The van der Waals surface area contributed by atoms with Crippen molar-refractivity contribution in [3.8, 4) is 0 Å². The summed E-state index contributed by atoms with van der Waals surface area (Å²) in [7, 11) is 1.26. The minimum Gasteiger partial charge on any atom is -0.498 e. The number of nitrogens with zero attached hydrogens (tertiary/aromatic N) is 1. The molecule has 2 rings (SSSR count). The fraction of sp³-hybridized carbons (Fsp3) is 0.385. The first-order valence-corrected chi connectivity index (χ1v) is 5.74. The number of esters is 1. The Labute approximate surface area is 105 Å². The number of methoxy groups -OCH3 is 1. The zero-order valence-corrected chi connectivity index (χ0v) is 10.3. The predicted molar refractivity (Wildman–Crippen MR) is 61.1 cm³/mol. The molecule has 0 spiro atoms. The highest BCUT2D eigenvalue weighted by Gasteiger charge is 2.70. The van der Waals surface area contributed by atoms with Gasteiger partial charge in [-0.1, -0.05) is 30.3 Å². The third kappa shape index (κ3) is 1.76. The maximum absolute atomic E-state index is 11.6. The van der Waals surface area contributed by atoms with Crippen LogP contribution in [0, 0.1) is 0 Å². The molecule has 1 aromatic rings. The maximum Gasteiger partial charge on any atom is 0.371 e. The first kappa shape index (κ1) is 12.6. The standard InChI is InChI=1S/C13H15NO4/c1-9-11(12(15)18-2)14(9,13(16)17)8-10-6-4-3-5-7-10/h3-7,9,11H,8H2,1-2H3. The molecule has 0 saturated carbocycles. The first-order chi connectivity index (χ1) is 8.54. The largest absolute Gasteiger partial charge is 0.498 e. The van der Waals surface area contributed by atoms with Crippen LogP contribution in [0.1, 0.15) is 12.5 Å². The summed E-state index contributed by atoms with van der Waals surface area (Å²) in [4.78, 5) is 22.9. The molecule has 1 aliphatic heterocycles. The Morgan fingerprint density at radius 3 is 2.44 bits per heavy atom. The van der Waals surface area contributed by atoms with Crippen molar-refractivity contribution in [1.82, 2.24) is 0 Å². The summed E-state index contributed by atoms with van der Waals surface area (Å²) >= 11 is 0. The van der Waals surface area contributed by atoms with Crippen molar-refractivity contribution in [2.45, 2.75) is 25.6 Å². The van der Waals surface area contributed by atoms with Crippen molar-refractivity contribution < 1.29 is 23.9 Å². The van der Waals surface area contributed by atoms with E-state index in [0.29, 0.717) is 0 Å². The van der Waals surface area contributed by atoms with Crippen LogP contribution in [-0.4, -0.2) is 35.7 Å². The molecule has 1 saturated heterocycles. The lowest BCUT2D eigenvalue weighted by atomic mass is 10.2. The van der Waals surface area contributed by atoms with Crippen LogP contribution in [-0.2, 0) is 16.1 Å². The van der Waals surface area contributed by atoms with Crippen molar-refractivity contribution in [2.75, 3.05) is 7.11 Å². The van der Waals surface area contributed by atoms with E-state index in [9.17, 15) is 14.7 Å². The molecule has 96 valence electrons. The number of carbonyl (C=O) groups is 2. The molecule has 3 atom stereocenters. The van der Waals surface area contributed by atoms with Gasteiger partial charge in [-0.2, -0.15) is 0 Å². The zero-order valence-electron chi connectivity index (χ0n) is 10.3. The maximum atomic E-state index is 11.6. The fourth-order valence-corrected chi connectivity index (χ4v) is 2.53. The van der Waals surface area contributed by atoms with Gasteiger partial charge in [-0.3, -0.25) is 0 Å². The van der Waals surface area contributed by atoms with Gasteiger partial charge in [-0.05, 0) is 6.92 Å². The number of quaternary nitrogens is 1. The highest BCUT2D eigenvalue weighted by Crippen LogP contribution is 2.42. The van der Waals surface area contributed by atoms with Crippen LogP contribution in [0.25, 0.3) is 0 Å². The van der Waals surface area contributed by atoms with Crippen molar-refractivity contribution in [3.63, 3.8) is 0 Å². The van der Waals surface area contributed by atoms with Crippen molar-refractivity contribution >= 4 is 12.1 Å². The normalized spacial score (nSPS) is 29.7. The molecule has 0 radical (unpaired) electrons. The molecule has 5 heteroatoms. The van der Waals surface area contributed by atoms with Crippen LogP contribution >= 0.6 is 0 Å². The summed E-state index contributed by atoms with van der Waals surface area (Å²) in [6.45, 7) is 1.96. The molecule has 3 unspecified atom stereocenters. The summed E-state index contributed by atoms with van der Waals surface area (Å²) in [6, 6.07) is 8.22. The second-order valence-electron chi connectivity index (χ2n) is 4.55. The Bertz CT molecular complexity index is 473. The van der Waals surface area contributed by atoms with Crippen molar-refractivity contribution in [1.29, 1.82) is 0 Å². The number of carboxylic acid groups (broad SMARTS) is 1. The zero-order chi connectivity index (χ0) is 13.3. The molecule has 18 heavy (non-hydrogen) atoms. The minimum atomic E-state index is -1.23. The van der Waals surface area contributed by atoms with Crippen LogP contribution < -0.4 is 5.11 Å². The highest BCUT2D eigenvalue weighted by molar-refractivity contribution is 5.81. The topological polar surface area (TPSA) is 66.4 Å². The van der Waals surface area contributed by atoms with Gasteiger partial charge in [-0.25, -0.2) is 9.28 Å². The number of carbonyl (C=O) groups excluding carboxylic acids is 2. The Morgan fingerprint density at radius 1 is 1.33 bits per heavy atom. The van der Waals surface area contributed by atoms with Crippen LogP contribution in [0.3, 0.4) is 0 Å². The number of hydrogen-bond acceptors (Lipinski definition) is 4. The summed E-state index contributed by atoms with van der Waals surface area (Å²) in [5.74, 6) is -0.498. The van der Waals surface area contributed by atoms with E-state index in [1.807, 2.05) is 30.3 Å². The molecule has 1 aromatic carbocycles. The van der Waals surface area contributed by atoms with E-state index in [-0.39, 0.29) is 17.1 Å². The van der Waals surface area contributed by atoms with Crippen LogP contribution in [0.4, 0.5) is 4.79 Å². The third-order valence-corrected chi connectivity index (χ3v) is 3.66. The summed E-state index contributed by atoms with van der Waals surface area (Å²) in [6.07, 6.45) is -1.23. The van der Waals surface area contributed by atoms with Gasteiger partial charge >= 0.3 is 5.97 Å². The lowest BCUT2D eigenvalue weighted by molar-refractivity contribution is -0.784. The van der Waals surface area contributed by atoms with Gasteiger partial charge in [0.25, 0.3) is 6.09 Å². The molecule has 0 aromatic heterocycles.